The van der Waals surface area contributed by atoms with Crippen molar-refractivity contribution in [3.8, 4) is 0 Å². The van der Waals surface area contributed by atoms with Crippen LogP contribution in [0, 0.1) is 6.92 Å². The average molecular weight is 437 g/mol. The number of aryl methyl sites for hydroxylation is 1. The van der Waals surface area contributed by atoms with Crippen molar-refractivity contribution in [3.63, 3.8) is 0 Å². The minimum absolute atomic E-state index is 0.189. The summed E-state index contributed by atoms with van der Waals surface area (Å²) in [5.41, 5.74) is 2.05. The van der Waals surface area contributed by atoms with E-state index in [2.05, 4.69) is 38.8 Å². The predicted octanol–water partition coefficient (Wildman–Crippen LogP) is 3.42. The van der Waals surface area contributed by atoms with E-state index in [1.807, 2.05) is 25.1 Å². The molecule has 0 spiro atoms. The van der Waals surface area contributed by atoms with Gasteiger partial charge >= 0.3 is 0 Å². The molecule has 7 nitrogen and oxygen atoms in total. The van der Waals surface area contributed by atoms with E-state index in [4.69, 9.17) is 4.98 Å². The zero-order valence-corrected chi connectivity index (χ0v) is 19.6. The van der Waals surface area contributed by atoms with Gasteiger partial charge in [0.2, 0.25) is 0 Å². The Labute approximate surface area is 191 Å². The summed E-state index contributed by atoms with van der Waals surface area (Å²) in [6, 6.07) is 10.7. The van der Waals surface area contributed by atoms with Crippen LogP contribution in [0.3, 0.4) is 0 Å². The first-order valence-corrected chi connectivity index (χ1v) is 11.9. The molecule has 2 aliphatic rings. The number of pyridine rings is 2. The molecule has 0 bridgehead atoms. The third-order valence-electron chi connectivity index (χ3n) is 6.72. The number of rotatable bonds is 5. The molecule has 2 saturated heterocycles. The molecule has 1 amide bonds. The summed E-state index contributed by atoms with van der Waals surface area (Å²) in [4.78, 5) is 29.2. The van der Waals surface area contributed by atoms with Crippen molar-refractivity contribution in [1.82, 2.24) is 19.8 Å². The maximum atomic E-state index is 12.7. The second-order valence-corrected chi connectivity index (χ2v) is 9.26. The molecule has 0 aromatic carbocycles. The first-order chi connectivity index (χ1) is 15.5. The van der Waals surface area contributed by atoms with Crippen LogP contribution in [0.2, 0.25) is 0 Å². The third kappa shape index (κ3) is 5.64. The van der Waals surface area contributed by atoms with Gasteiger partial charge in [0, 0.05) is 55.8 Å². The zero-order chi connectivity index (χ0) is 22.5. The zero-order valence-electron chi connectivity index (χ0n) is 19.6. The first-order valence-electron chi connectivity index (χ1n) is 11.9. The van der Waals surface area contributed by atoms with Gasteiger partial charge < -0.3 is 15.1 Å². The van der Waals surface area contributed by atoms with Crippen LogP contribution in [0.15, 0.2) is 36.5 Å². The second kappa shape index (κ2) is 10.4. The fourth-order valence-electron chi connectivity index (χ4n) is 4.84. The molecule has 0 saturated carbocycles. The summed E-state index contributed by atoms with van der Waals surface area (Å²) >= 11 is 0. The van der Waals surface area contributed by atoms with Crippen molar-refractivity contribution in [2.24, 2.45) is 0 Å². The van der Waals surface area contributed by atoms with Crippen molar-refractivity contribution in [1.29, 1.82) is 0 Å². The normalized spacial score (nSPS) is 19.2. The number of hydrogen-bond donors (Lipinski definition) is 1. The van der Waals surface area contributed by atoms with Crippen LogP contribution in [-0.4, -0.2) is 77.0 Å². The Hall–Kier alpha value is -2.51. The van der Waals surface area contributed by atoms with E-state index < -0.39 is 0 Å². The predicted molar refractivity (Wildman–Crippen MR) is 129 cm³/mol. The van der Waals surface area contributed by atoms with Gasteiger partial charge in [-0.15, -0.1) is 0 Å². The lowest BCUT2D eigenvalue weighted by molar-refractivity contribution is 0.0965. The smallest absolute Gasteiger partial charge is 0.274 e. The highest BCUT2D eigenvalue weighted by Gasteiger charge is 2.27. The molecule has 0 radical (unpaired) electrons. The Morgan fingerprint density at radius 3 is 2.62 bits per heavy atom. The number of piperidine rings is 1. The highest BCUT2D eigenvalue weighted by molar-refractivity contribution is 6.03. The lowest BCUT2D eigenvalue weighted by Crippen LogP contribution is -2.47. The number of amides is 1. The number of carbonyl (C=O) groups is 1. The molecule has 0 atom stereocenters. The van der Waals surface area contributed by atoms with Crippen LogP contribution in [0.4, 0.5) is 11.5 Å². The van der Waals surface area contributed by atoms with Crippen LogP contribution < -0.4 is 10.2 Å². The Morgan fingerprint density at radius 1 is 1.06 bits per heavy atom. The number of likely N-dealkylation sites (tertiary alicyclic amines) is 1. The van der Waals surface area contributed by atoms with E-state index >= 15 is 0 Å². The van der Waals surface area contributed by atoms with Crippen molar-refractivity contribution < 1.29 is 4.79 Å². The molecular weight excluding hydrogens is 400 g/mol. The van der Waals surface area contributed by atoms with E-state index in [9.17, 15) is 4.79 Å². The molecule has 1 N–H and O–H groups in total. The summed E-state index contributed by atoms with van der Waals surface area (Å²) in [5.74, 6) is 0.700. The quantitative estimate of drug-likeness (QED) is 0.775. The summed E-state index contributed by atoms with van der Waals surface area (Å²) < 4.78 is 0. The summed E-state index contributed by atoms with van der Waals surface area (Å²) in [6.07, 6.45) is 5.35. The monoisotopic (exact) mass is 436 g/mol. The van der Waals surface area contributed by atoms with Gasteiger partial charge in [-0.25, -0.2) is 4.98 Å². The number of aromatic nitrogens is 2. The maximum absolute atomic E-state index is 12.7. The van der Waals surface area contributed by atoms with Gasteiger partial charge in [0.25, 0.3) is 5.91 Å². The summed E-state index contributed by atoms with van der Waals surface area (Å²) in [5, 5.41) is 2.93. The van der Waals surface area contributed by atoms with Crippen molar-refractivity contribution in [2.75, 3.05) is 49.5 Å². The SMILES string of the molecule is Cc1cc(NC(=O)c2cccc(N3CCCN(C4CCN(C(C)C)CC4)CC3)n2)ccn1. The van der Waals surface area contributed by atoms with Crippen LogP contribution in [0.25, 0.3) is 0 Å². The molecule has 4 rings (SSSR count). The molecule has 0 unspecified atom stereocenters. The molecule has 4 heterocycles. The summed E-state index contributed by atoms with van der Waals surface area (Å²) in [7, 11) is 0. The van der Waals surface area contributed by atoms with Crippen LogP contribution >= 0.6 is 0 Å². The molecule has 2 fully saturated rings. The van der Waals surface area contributed by atoms with Crippen LogP contribution in [-0.2, 0) is 0 Å². The molecule has 0 aliphatic carbocycles. The maximum Gasteiger partial charge on any atom is 0.274 e. The molecule has 32 heavy (non-hydrogen) atoms. The number of nitrogens with one attached hydrogen (secondary N) is 1. The van der Waals surface area contributed by atoms with Crippen LogP contribution in [0.1, 0.15) is 49.3 Å². The fourth-order valence-corrected chi connectivity index (χ4v) is 4.84. The Kier molecular flexibility index (Phi) is 7.37. The van der Waals surface area contributed by atoms with Crippen molar-refractivity contribution in [3.05, 3.63) is 47.9 Å². The van der Waals surface area contributed by atoms with E-state index in [1.165, 1.54) is 25.9 Å². The highest BCUT2D eigenvalue weighted by atomic mass is 16.1. The van der Waals surface area contributed by atoms with Crippen LogP contribution in [0.5, 0.6) is 0 Å². The molecule has 172 valence electrons. The number of anilines is 2. The number of nitrogens with zero attached hydrogens (tertiary/aromatic N) is 5. The number of carbonyl (C=O) groups excluding carboxylic acids is 1. The highest BCUT2D eigenvalue weighted by Crippen LogP contribution is 2.22. The molecular formula is C25H36N6O. The van der Waals surface area contributed by atoms with Gasteiger partial charge in [0.05, 0.1) is 0 Å². The topological polar surface area (TPSA) is 64.6 Å². The van der Waals surface area contributed by atoms with E-state index in [1.54, 1.807) is 18.3 Å². The van der Waals surface area contributed by atoms with E-state index in [0.717, 1.165) is 49.8 Å². The van der Waals surface area contributed by atoms with Crippen molar-refractivity contribution in [2.45, 2.75) is 52.1 Å². The molecule has 2 aromatic rings. The lowest BCUT2D eigenvalue weighted by Gasteiger charge is -2.39. The Bertz CT molecular complexity index is 909. The van der Waals surface area contributed by atoms with E-state index in [-0.39, 0.29) is 5.91 Å². The summed E-state index contributed by atoms with van der Waals surface area (Å²) in [6.45, 7) is 13.0. The van der Waals surface area contributed by atoms with Gasteiger partial charge in [-0.05, 0) is 77.4 Å². The van der Waals surface area contributed by atoms with Gasteiger partial charge in [0.15, 0.2) is 0 Å². The van der Waals surface area contributed by atoms with Gasteiger partial charge in [-0.1, -0.05) is 6.07 Å². The minimum atomic E-state index is -0.189. The Morgan fingerprint density at radius 2 is 1.88 bits per heavy atom. The molecule has 7 heteroatoms. The standard InChI is InChI=1S/C25H36N6O/c1-19(2)29-14-9-22(10-15-29)30-12-5-13-31(17-16-30)24-7-4-6-23(28-24)25(32)27-21-8-11-26-20(3)18-21/h4,6-8,11,18-19,22H,5,9-10,12-17H2,1-3H3,(H,26,27,32). The molecule has 2 aromatic heterocycles. The van der Waals surface area contributed by atoms with Gasteiger partial charge in [-0.3, -0.25) is 14.7 Å². The largest absolute Gasteiger partial charge is 0.355 e. The Balaban J connectivity index is 1.36. The first kappa shape index (κ1) is 22.7. The average Bonchev–Trinajstić information content (AvgIpc) is 3.06. The van der Waals surface area contributed by atoms with Crippen molar-refractivity contribution >= 4 is 17.4 Å². The minimum Gasteiger partial charge on any atom is -0.355 e. The fraction of sp³-hybridized carbons (Fsp3) is 0.560. The van der Waals surface area contributed by atoms with Gasteiger partial charge in [0.1, 0.15) is 11.5 Å². The second-order valence-electron chi connectivity index (χ2n) is 9.26. The number of hydrogen-bond acceptors (Lipinski definition) is 6. The van der Waals surface area contributed by atoms with Gasteiger partial charge in [-0.2, -0.15) is 0 Å². The molecule has 2 aliphatic heterocycles. The lowest BCUT2D eigenvalue weighted by atomic mass is 10.0. The van der Waals surface area contributed by atoms with E-state index in [0.29, 0.717) is 17.8 Å². The third-order valence-corrected chi connectivity index (χ3v) is 6.72.